The Hall–Kier alpha value is -1.59. The molecule has 8 heteroatoms. The number of nitrogens with zero attached hydrogens (tertiary/aromatic N) is 2. The Morgan fingerprint density at radius 2 is 2.17 bits per heavy atom. The summed E-state index contributed by atoms with van der Waals surface area (Å²) in [5, 5.41) is 19.5. The molecule has 0 spiro atoms. The van der Waals surface area contributed by atoms with Crippen LogP contribution in [-0.2, 0) is 9.84 Å². The van der Waals surface area contributed by atoms with Crippen molar-refractivity contribution in [2.75, 3.05) is 17.8 Å². The summed E-state index contributed by atoms with van der Waals surface area (Å²) in [4.78, 5) is 10.6. The number of benzene rings is 1. The van der Waals surface area contributed by atoms with Crippen LogP contribution in [0.25, 0.3) is 0 Å². The van der Waals surface area contributed by atoms with Crippen molar-refractivity contribution in [1.82, 2.24) is 0 Å². The summed E-state index contributed by atoms with van der Waals surface area (Å²) in [5.41, 5.74) is 0.0294. The van der Waals surface area contributed by atoms with Crippen LogP contribution in [-0.4, -0.2) is 31.1 Å². The first-order valence-corrected chi connectivity index (χ1v) is 7.87. The van der Waals surface area contributed by atoms with Crippen LogP contribution in [0.2, 0.25) is 0 Å². The van der Waals surface area contributed by atoms with Gasteiger partial charge in [-0.2, -0.15) is 5.26 Å². The number of nitro benzene ring substituents is 1. The van der Waals surface area contributed by atoms with Crippen LogP contribution >= 0.6 is 11.8 Å². The number of hydrogen-bond acceptors (Lipinski definition) is 6. The van der Waals surface area contributed by atoms with E-state index in [-0.39, 0.29) is 22.8 Å². The molecule has 0 aliphatic carbocycles. The fourth-order valence-electron chi connectivity index (χ4n) is 1.15. The van der Waals surface area contributed by atoms with Crippen molar-refractivity contribution < 1.29 is 13.3 Å². The highest BCUT2D eigenvalue weighted by molar-refractivity contribution is 8.00. The first kappa shape index (κ1) is 14.5. The van der Waals surface area contributed by atoms with E-state index in [1.807, 2.05) is 6.07 Å². The third-order valence-corrected chi connectivity index (χ3v) is 4.27. The zero-order valence-corrected chi connectivity index (χ0v) is 11.1. The van der Waals surface area contributed by atoms with Gasteiger partial charge in [0, 0.05) is 18.1 Å². The Labute approximate surface area is 109 Å². The van der Waals surface area contributed by atoms with Gasteiger partial charge in [-0.3, -0.25) is 10.1 Å². The number of sulfone groups is 1. The summed E-state index contributed by atoms with van der Waals surface area (Å²) in [6.45, 7) is 0. The molecule has 0 unspecified atom stereocenters. The molecule has 0 saturated carbocycles. The third-order valence-electron chi connectivity index (χ3n) is 2.00. The Kier molecular flexibility index (Phi) is 4.69. The zero-order valence-electron chi connectivity index (χ0n) is 9.49. The fraction of sp³-hybridized carbons (Fsp3) is 0.300. The van der Waals surface area contributed by atoms with E-state index in [1.54, 1.807) is 0 Å². The van der Waals surface area contributed by atoms with E-state index in [4.69, 9.17) is 5.26 Å². The van der Waals surface area contributed by atoms with Crippen LogP contribution in [0.1, 0.15) is 5.56 Å². The van der Waals surface area contributed by atoms with Gasteiger partial charge in [0.1, 0.15) is 9.84 Å². The minimum absolute atomic E-state index is 0.0468. The maximum atomic E-state index is 11.0. The highest BCUT2D eigenvalue weighted by Crippen LogP contribution is 2.29. The Morgan fingerprint density at radius 3 is 2.67 bits per heavy atom. The molecule has 0 bridgehead atoms. The molecule has 18 heavy (non-hydrogen) atoms. The summed E-state index contributed by atoms with van der Waals surface area (Å²) >= 11 is 1.09. The van der Waals surface area contributed by atoms with Gasteiger partial charge in [-0.15, -0.1) is 11.8 Å². The average molecular weight is 286 g/mol. The topological polar surface area (TPSA) is 101 Å². The van der Waals surface area contributed by atoms with Gasteiger partial charge in [-0.05, 0) is 12.1 Å². The van der Waals surface area contributed by atoms with Gasteiger partial charge >= 0.3 is 0 Å². The molecule has 0 radical (unpaired) electrons. The van der Waals surface area contributed by atoms with Crippen LogP contribution in [0, 0.1) is 21.4 Å². The average Bonchev–Trinajstić information content (AvgIpc) is 2.27. The van der Waals surface area contributed by atoms with Gasteiger partial charge in [0.2, 0.25) is 0 Å². The van der Waals surface area contributed by atoms with E-state index in [1.165, 1.54) is 18.2 Å². The van der Waals surface area contributed by atoms with Gasteiger partial charge in [-0.1, -0.05) is 0 Å². The minimum Gasteiger partial charge on any atom is -0.258 e. The molecule has 96 valence electrons. The molecule has 0 aromatic heterocycles. The molecule has 1 rings (SSSR count). The first-order chi connectivity index (χ1) is 8.33. The quantitative estimate of drug-likeness (QED) is 0.463. The number of nitro groups is 1. The second kappa shape index (κ2) is 5.84. The number of thioether (sulfide) groups is 1. The summed E-state index contributed by atoms with van der Waals surface area (Å²) in [5.74, 6) is 0.195. The van der Waals surface area contributed by atoms with Crippen LogP contribution in [0.15, 0.2) is 23.1 Å². The van der Waals surface area contributed by atoms with E-state index < -0.39 is 14.8 Å². The molecular formula is C10H10N2O4S2. The van der Waals surface area contributed by atoms with Gasteiger partial charge in [0.05, 0.1) is 27.2 Å². The second-order valence-corrected chi connectivity index (χ2v) is 6.93. The van der Waals surface area contributed by atoms with Crippen molar-refractivity contribution in [2.24, 2.45) is 0 Å². The lowest BCUT2D eigenvalue weighted by atomic mass is 10.2. The van der Waals surface area contributed by atoms with Crippen LogP contribution in [0.4, 0.5) is 5.69 Å². The standard InChI is InChI=1S/C10H10N2O4S2/c1-18(15,16)5-4-17-10-3-2-8(7-11)6-9(10)12(13)14/h2-3,6H,4-5H2,1H3. The molecule has 0 aliphatic heterocycles. The minimum atomic E-state index is -3.08. The van der Waals surface area contributed by atoms with E-state index in [2.05, 4.69) is 0 Å². The molecule has 0 N–H and O–H groups in total. The van der Waals surface area contributed by atoms with E-state index in [9.17, 15) is 18.5 Å². The van der Waals surface area contributed by atoms with Crippen molar-refractivity contribution in [2.45, 2.75) is 4.90 Å². The molecule has 0 aliphatic rings. The molecule has 1 aromatic rings. The first-order valence-electron chi connectivity index (χ1n) is 4.82. The van der Waals surface area contributed by atoms with Crippen LogP contribution in [0.3, 0.4) is 0 Å². The number of hydrogen-bond donors (Lipinski definition) is 0. The summed E-state index contributed by atoms with van der Waals surface area (Å²) in [6, 6.07) is 5.93. The van der Waals surface area contributed by atoms with Gasteiger partial charge in [-0.25, -0.2) is 8.42 Å². The Morgan fingerprint density at radius 1 is 1.50 bits per heavy atom. The highest BCUT2D eigenvalue weighted by Gasteiger charge is 2.15. The predicted molar refractivity (Wildman–Crippen MR) is 68.2 cm³/mol. The summed E-state index contributed by atoms with van der Waals surface area (Å²) in [7, 11) is -3.08. The molecule has 6 nitrogen and oxygen atoms in total. The fourth-order valence-corrected chi connectivity index (χ4v) is 3.36. The lowest BCUT2D eigenvalue weighted by Gasteiger charge is -2.02. The van der Waals surface area contributed by atoms with Crippen molar-refractivity contribution in [1.29, 1.82) is 5.26 Å². The molecule has 0 heterocycles. The third kappa shape index (κ3) is 4.35. The normalized spacial score (nSPS) is 10.9. The van der Waals surface area contributed by atoms with E-state index in [0.717, 1.165) is 18.0 Å². The highest BCUT2D eigenvalue weighted by atomic mass is 32.2. The SMILES string of the molecule is CS(=O)(=O)CCSc1ccc(C#N)cc1[N+](=O)[O-]. The molecule has 0 fully saturated rings. The lowest BCUT2D eigenvalue weighted by Crippen LogP contribution is -2.05. The largest absolute Gasteiger partial charge is 0.284 e. The zero-order chi connectivity index (χ0) is 13.8. The summed E-state index contributed by atoms with van der Waals surface area (Å²) < 4.78 is 21.9. The van der Waals surface area contributed by atoms with Crippen LogP contribution in [0.5, 0.6) is 0 Å². The molecule has 0 amide bonds. The van der Waals surface area contributed by atoms with Crippen molar-refractivity contribution >= 4 is 27.3 Å². The second-order valence-electron chi connectivity index (χ2n) is 3.53. The molecule has 1 aromatic carbocycles. The van der Waals surface area contributed by atoms with Crippen molar-refractivity contribution in [3.05, 3.63) is 33.9 Å². The van der Waals surface area contributed by atoms with Gasteiger partial charge in [0.25, 0.3) is 5.69 Å². The maximum absolute atomic E-state index is 11.0. The van der Waals surface area contributed by atoms with Gasteiger partial charge in [0.15, 0.2) is 0 Å². The molecule has 0 atom stereocenters. The monoisotopic (exact) mass is 286 g/mol. The summed E-state index contributed by atoms with van der Waals surface area (Å²) in [6.07, 6.45) is 1.11. The molecule has 0 saturated heterocycles. The number of rotatable bonds is 5. The lowest BCUT2D eigenvalue weighted by molar-refractivity contribution is -0.387. The van der Waals surface area contributed by atoms with E-state index in [0.29, 0.717) is 4.90 Å². The maximum Gasteiger partial charge on any atom is 0.284 e. The van der Waals surface area contributed by atoms with Crippen molar-refractivity contribution in [3.8, 4) is 6.07 Å². The Bertz CT molecular complexity index is 605. The molecular weight excluding hydrogens is 276 g/mol. The Balaban J connectivity index is 2.89. The number of nitriles is 1. The van der Waals surface area contributed by atoms with Crippen LogP contribution < -0.4 is 0 Å². The van der Waals surface area contributed by atoms with E-state index >= 15 is 0 Å². The smallest absolute Gasteiger partial charge is 0.258 e. The van der Waals surface area contributed by atoms with Crippen molar-refractivity contribution in [3.63, 3.8) is 0 Å². The van der Waals surface area contributed by atoms with Gasteiger partial charge < -0.3 is 0 Å². The predicted octanol–water partition coefficient (Wildman–Crippen LogP) is 1.60.